The zero-order valence-corrected chi connectivity index (χ0v) is 10.5. The van der Waals surface area contributed by atoms with E-state index in [1.54, 1.807) is 6.07 Å². The summed E-state index contributed by atoms with van der Waals surface area (Å²) in [6.45, 7) is 2.00. The third-order valence-electron chi connectivity index (χ3n) is 2.60. The molecule has 0 saturated heterocycles. The monoisotopic (exact) mass is 250 g/mol. The van der Waals surface area contributed by atoms with Crippen LogP contribution >= 0.6 is 0 Å². The summed E-state index contributed by atoms with van der Waals surface area (Å²) in [5.41, 5.74) is 0.997. The van der Waals surface area contributed by atoms with Crippen molar-refractivity contribution in [3.8, 4) is 5.75 Å². The molecule has 0 aliphatic rings. The van der Waals surface area contributed by atoms with E-state index in [4.69, 9.17) is 9.84 Å². The van der Waals surface area contributed by atoms with Crippen molar-refractivity contribution >= 4 is 11.9 Å². The molecule has 1 aromatic rings. The first kappa shape index (κ1) is 14.2. The van der Waals surface area contributed by atoms with E-state index in [9.17, 15) is 9.59 Å². The van der Waals surface area contributed by atoms with E-state index >= 15 is 0 Å². The van der Waals surface area contributed by atoms with Crippen LogP contribution in [0.3, 0.4) is 0 Å². The van der Waals surface area contributed by atoms with Gasteiger partial charge in [-0.3, -0.25) is 9.59 Å². The van der Waals surface area contributed by atoms with Crippen molar-refractivity contribution < 1.29 is 19.4 Å². The van der Waals surface area contributed by atoms with E-state index in [2.05, 4.69) is 0 Å². The van der Waals surface area contributed by atoms with Crippen molar-refractivity contribution in [1.82, 2.24) is 0 Å². The van der Waals surface area contributed by atoms with Crippen LogP contribution in [-0.4, -0.2) is 17.0 Å². The smallest absolute Gasteiger partial charge is 0.311 e. The molecule has 4 heteroatoms. The highest BCUT2D eigenvalue weighted by atomic mass is 16.5. The average molecular weight is 250 g/mol. The summed E-state index contributed by atoms with van der Waals surface area (Å²) in [6.07, 6.45) is 2.20. The Labute approximate surface area is 107 Å². The lowest BCUT2D eigenvalue weighted by molar-refractivity contribution is -0.138. The Kier molecular flexibility index (Phi) is 5.91. The number of para-hydroxylation sites is 1. The van der Waals surface area contributed by atoms with Gasteiger partial charge in [-0.25, -0.2) is 0 Å². The number of esters is 1. The molecule has 4 nitrogen and oxygen atoms in total. The van der Waals surface area contributed by atoms with Crippen LogP contribution in [0.15, 0.2) is 24.3 Å². The van der Waals surface area contributed by atoms with Crippen molar-refractivity contribution in [3.05, 3.63) is 29.8 Å². The van der Waals surface area contributed by atoms with Crippen LogP contribution < -0.4 is 4.74 Å². The van der Waals surface area contributed by atoms with Crippen molar-refractivity contribution in [2.75, 3.05) is 0 Å². The number of ether oxygens (including phenoxy) is 1. The second-order valence-corrected chi connectivity index (χ2v) is 4.04. The van der Waals surface area contributed by atoms with Gasteiger partial charge < -0.3 is 9.84 Å². The van der Waals surface area contributed by atoms with Crippen molar-refractivity contribution in [2.24, 2.45) is 0 Å². The number of hydrogen-bond donors (Lipinski definition) is 1. The Bertz CT molecular complexity index is 412. The quantitative estimate of drug-likeness (QED) is 0.459. The van der Waals surface area contributed by atoms with Gasteiger partial charge in [-0.15, -0.1) is 0 Å². The van der Waals surface area contributed by atoms with Crippen LogP contribution in [0.4, 0.5) is 0 Å². The summed E-state index contributed by atoms with van der Waals surface area (Å²) in [6, 6.07) is 7.43. The Balaban J connectivity index is 2.37. The first-order chi connectivity index (χ1) is 8.63. The van der Waals surface area contributed by atoms with Gasteiger partial charge in [0.1, 0.15) is 5.75 Å². The molecule has 0 aromatic heterocycles. The summed E-state index contributed by atoms with van der Waals surface area (Å²) in [7, 11) is 0. The number of carbonyl (C=O) groups is 2. The van der Waals surface area contributed by atoms with Gasteiger partial charge in [-0.2, -0.15) is 0 Å². The molecule has 0 spiro atoms. The van der Waals surface area contributed by atoms with E-state index in [1.165, 1.54) is 0 Å². The Morgan fingerprint density at radius 3 is 2.50 bits per heavy atom. The molecule has 1 rings (SSSR count). The molecule has 0 unspecified atom stereocenters. The average Bonchev–Trinajstić information content (AvgIpc) is 2.35. The molecule has 0 bridgehead atoms. The molecule has 18 heavy (non-hydrogen) atoms. The van der Waals surface area contributed by atoms with Gasteiger partial charge in [-0.1, -0.05) is 25.1 Å². The number of unbranched alkanes of at least 4 members (excludes halogenated alkanes) is 1. The van der Waals surface area contributed by atoms with Crippen LogP contribution in [0, 0.1) is 0 Å². The number of benzene rings is 1. The fourth-order valence-electron chi connectivity index (χ4n) is 1.61. The van der Waals surface area contributed by atoms with Crippen molar-refractivity contribution in [3.63, 3.8) is 0 Å². The molecular formula is C14H18O4. The van der Waals surface area contributed by atoms with Gasteiger partial charge in [0.25, 0.3) is 0 Å². The van der Waals surface area contributed by atoms with E-state index in [1.807, 2.05) is 25.1 Å². The second kappa shape index (κ2) is 7.48. The van der Waals surface area contributed by atoms with Gasteiger partial charge in [0.15, 0.2) is 0 Å². The number of hydrogen-bond acceptors (Lipinski definition) is 3. The molecule has 0 saturated carbocycles. The number of carbonyl (C=O) groups excluding carboxylic acids is 1. The maximum absolute atomic E-state index is 11.6. The highest BCUT2D eigenvalue weighted by Crippen LogP contribution is 2.19. The highest BCUT2D eigenvalue weighted by molar-refractivity contribution is 5.73. The first-order valence-electron chi connectivity index (χ1n) is 6.14. The zero-order valence-electron chi connectivity index (χ0n) is 10.5. The van der Waals surface area contributed by atoms with Gasteiger partial charge in [-0.05, 0) is 30.9 Å². The second-order valence-electron chi connectivity index (χ2n) is 4.04. The van der Waals surface area contributed by atoms with E-state index in [0.717, 1.165) is 12.0 Å². The minimum atomic E-state index is -0.834. The summed E-state index contributed by atoms with van der Waals surface area (Å²) in [5, 5.41) is 8.47. The largest absolute Gasteiger partial charge is 0.481 e. The maximum Gasteiger partial charge on any atom is 0.311 e. The molecule has 0 fully saturated rings. The number of rotatable bonds is 7. The summed E-state index contributed by atoms with van der Waals surface area (Å²) in [4.78, 5) is 21.9. The summed E-state index contributed by atoms with van der Waals surface area (Å²) < 4.78 is 5.26. The number of carboxylic acids is 1. The molecule has 0 heterocycles. The van der Waals surface area contributed by atoms with E-state index < -0.39 is 5.97 Å². The van der Waals surface area contributed by atoms with Gasteiger partial charge in [0, 0.05) is 12.8 Å². The number of aliphatic carboxylic acids is 1. The molecule has 98 valence electrons. The van der Waals surface area contributed by atoms with Crippen LogP contribution in [0.25, 0.3) is 0 Å². The zero-order chi connectivity index (χ0) is 13.4. The Morgan fingerprint density at radius 1 is 1.17 bits per heavy atom. The highest BCUT2D eigenvalue weighted by Gasteiger charge is 2.08. The molecule has 1 N–H and O–H groups in total. The third-order valence-corrected chi connectivity index (χ3v) is 2.60. The molecule has 0 amide bonds. The van der Waals surface area contributed by atoms with Crippen molar-refractivity contribution in [2.45, 2.75) is 39.0 Å². The minimum absolute atomic E-state index is 0.0961. The predicted molar refractivity (Wildman–Crippen MR) is 67.6 cm³/mol. The fourth-order valence-corrected chi connectivity index (χ4v) is 1.61. The minimum Gasteiger partial charge on any atom is -0.481 e. The Morgan fingerprint density at radius 2 is 1.83 bits per heavy atom. The summed E-state index contributed by atoms with van der Waals surface area (Å²) >= 11 is 0. The topological polar surface area (TPSA) is 63.6 Å². The van der Waals surface area contributed by atoms with Gasteiger partial charge in [0.2, 0.25) is 0 Å². The molecule has 0 atom stereocenters. The summed E-state index contributed by atoms with van der Waals surface area (Å²) in [5.74, 6) is -0.538. The number of carboxylic acid groups (broad SMARTS) is 1. The molecular weight excluding hydrogens is 232 g/mol. The van der Waals surface area contributed by atoms with E-state index in [0.29, 0.717) is 18.6 Å². The van der Waals surface area contributed by atoms with Crippen LogP contribution in [-0.2, 0) is 16.0 Å². The maximum atomic E-state index is 11.6. The van der Waals surface area contributed by atoms with Crippen LogP contribution in [0.5, 0.6) is 5.75 Å². The Hall–Kier alpha value is -1.84. The lowest BCUT2D eigenvalue weighted by Gasteiger charge is -2.08. The predicted octanol–water partition coefficient (Wildman–Crippen LogP) is 2.80. The molecule has 0 radical (unpaired) electrons. The lowest BCUT2D eigenvalue weighted by atomic mass is 10.1. The standard InChI is InChI=1S/C14H18O4/c1-2-11-7-3-4-8-12(11)18-14(17)10-6-5-9-13(15)16/h3-4,7-8H,2,5-6,9-10H2,1H3,(H,15,16). The first-order valence-corrected chi connectivity index (χ1v) is 6.14. The molecule has 1 aromatic carbocycles. The van der Waals surface area contributed by atoms with E-state index in [-0.39, 0.29) is 18.8 Å². The SMILES string of the molecule is CCc1ccccc1OC(=O)CCCCC(=O)O. The number of aryl methyl sites for hydroxylation is 1. The normalized spacial score (nSPS) is 10.1. The van der Waals surface area contributed by atoms with Crippen LogP contribution in [0.1, 0.15) is 38.2 Å². The molecule has 0 aliphatic carbocycles. The van der Waals surface area contributed by atoms with Gasteiger partial charge in [0.05, 0.1) is 0 Å². The van der Waals surface area contributed by atoms with Gasteiger partial charge >= 0.3 is 11.9 Å². The third kappa shape index (κ3) is 4.99. The van der Waals surface area contributed by atoms with Crippen LogP contribution in [0.2, 0.25) is 0 Å². The van der Waals surface area contributed by atoms with Crippen molar-refractivity contribution in [1.29, 1.82) is 0 Å². The lowest BCUT2D eigenvalue weighted by Crippen LogP contribution is -2.09. The fraction of sp³-hybridized carbons (Fsp3) is 0.429. The molecule has 0 aliphatic heterocycles.